The molecule has 0 bridgehead atoms. The second-order valence-electron chi connectivity index (χ2n) is 3.65. The van der Waals surface area contributed by atoms with Crippen LogP contribution in [0, 0.1) is 10.1 Å². The molecular formula is C10H18N2O2S. The molecule has 1 aliphatic rings. The summed E-state index contributed by atoms with van der Waals surface area (Å²) in [7, 11) is 0. The molecular weight excluding hydrogens is 212 g/mol. The Kier molecular flexibility index (Phi) is 5.53. The van der Waals surface area contributed by atoms with Gasteiger partial charge in [-0.1, -0.05) is 19.8 Å². The van der Waals surface area contributed by atoms with Crippen LogP contribution in [0.1, 0.15) is 32.6 Å². The minimum atomic E-state index is -0.347. The van der Waals surface area contributed by atoms with Crippen LogP contribution < -0.4 is 0 Å². The summed E-state index contributed by atoms with van der Waals surface area (Å²) in [6.07, 6.45) is 5.80. The first-order chi connectivity index (χ1) is 7.24. The molecule has 0 aromatic rings. The quantitative estimate of drug-likeness (QED) is 0.414. The van der Waals surface area contributed by atoms with Gasteiger partial charge in [-0.2, -0.15) is 0 Å². The topological polar surface area (TPSA) is 46.4 Å². The minimum absolute atomic E-state index is 0.347. The lowest BCUT2D eigenvalue weighted by atomic mass is 10.2. The standard InChI is InChI=1S/C10H18N2O2S/c1-2-3-4-6-11-7-5-8-15-10(11)9-12(13)14/h9H,2-8H2,1H3/b10-9-. The van der Waals surface area contributed by atoms with E-state index in [0.29, 0.717) is 0 Å². The van der Waals surface area contributed by atoms with Crippen LogP contribution in [-0.4, -0.2) is 28.7 Å². The molecule has 1 aliphatic heterocycles. The van der Waals surface area contributed by atoms with Gasteiger partial charge >= 0.3 is 0 Å². The Morgan fingerprint density at radius 3 is 3.07 bits per heavy atom. The van der Waals surface area contributed by atoms with E-state index in [1.165, 1.54) is 12.8 Å². The Morgan fingerprint density at radius 1 is 1.60 bits per heavy atom. The summed E-state index contributed by atoms with van der Waals surface area (Å²) in [6.45, 7) is 4.09. The molecule has 5 heteroatoms. The highest BCUT2D eigenvalue weighted by Crippen LogP contribution is 2.26. The molecule has 1 fully saturated rings. The molecule has 0 amide bonds. The van der Waals surface area contributed by atoms with Crippen molar-refractivity contribution in [3.8, 4) is 0 Å². The first kappa shape index (κ1) is 12.4. The van der Waals surface area contributed by atoms with Crippen molar-refractivity contribution in [2.24, 2.45) is 0 Å². The smallest absolute Gasteiger partial charge is 0.264 e. The molecule has 0 saturated carbocycles. The largest absolute Gasteiger partial charge is 0.361 e. The second-order valence-corrected chi connectivity index (χ2v) is 4.76. The highest BCUT2D eigenvalue weighted by molar-refractivity contribution is 8.03. The maximum absolute atomic E-state index is 10.4. The van der Waals surface area contributed by atoms with Gasteiger partial charge in [-0.25, -0.2) is 0 Å². The van der Waals surface area contributed by atoms with Gasteiger partial charge in [-0.3, -0.25) is 10.1 Å². The van der Waals surface area contributed by atoms with Crippen molar-refractivity contribution in [1.82, 2.24) is 4.90 Å². The Hall–Kier alpha value is -0.710. The highest BCUT2D eigenvalue weighted by Gasteiger charge is 2.17. The molecule has 0 radical (unpaired) electrons. The van der Waals surface area contributed by atoms with Gasteiger partial charge in [0.1, 0.15) is 5.03 Å². The molecule has 0 unspecified atom stereocenters. The summed E-state index contributed by atoms with van der Waals surface area (Å²) in [4.78, 5) is 12.2. The number of unbranched alkanes of at least 4 members (excludes halogenated alkanes) is 2. The van der Waals surface area contributed by atoms with Gasteiger partial charge in [-0.05, 0) is 12.8 Å². The van der Waals surface area contributed by atoms with Crippen molar-refractivity contribution < 1.29 is 4.92 Å². The third-order valence-electron chi connectivity index (χ3n) is 2.38. The zero-order valence-electron chi connectivity index (χ0n) is 9.15. The van der Waals surface area contributed by atoms with Gasteiger partial charge in [0.15, 0.2) is 0 Å². The number of rotatable bonds is 5. The van der Waals surface area contributed by atoms with Crippen LogP contribution in [0.2, 0.25) is 0 Å². The third-order valence-corrected chi connectivity index (χ3v) is 3.53. The zero-order chi connectivity index (χ0) is 11.1. The molecule has 1 saturated heterocycles. The average Bonchev–Trinajstić information content (AvgIpc) is 2.20. The Bertz CT molecular complexity index is 244. The molecule has 86 valence electrons. The van der Waals surface area contributed by atoms with Crippen molar-refractivity contribution in [3.05, 3.63) is 21.3 Å². The van der Waals surface area contributed by atoms with Crippen molar-refractivity contribution in [2.75, 3.05) is 18.8 Å². The van der Waals surface area contributed by atoms with E-state index >= 15 is 0 Å². The normalized spacial score (nSPS) is 19.5. The number of nitrogens with zero attached hydrogens (tertiary/aromatic N) is 2. The van der Waals surface area contributed by atoms with E-state index in [4.69, 9.17) is 0 Å². The molecule has 1 rings (SSSR count). The van der Waals surface area contributed by atoms with Gasteiger partial charge in [-0.15, -0.1) is 11.8 Å². The first-order valence-corrected chi connectivity index (χ1v) is 6.45. The van der Waals surface area contributed by atoms with Crippen LogP contribution >= 0.6 is 11.8 Å². The number of thioether (sulfide) groups is 1. The van der Waals surface area contributed by atoms with Gasteiger partial charge in [0.2, 0.25) is 0 Å². The molecule has 0 N–H and O–H groups in total. The molecule has 0 aromatic carbocycles. The SMILES string of the molecule is CCCCCN1CCCS/C1=C\[N+](=O)[O-]. The Balaban J connectivity index is 2.46. The lowest BCUT2D eigenvalue weighted by molar-refractivity contribution is -0.403. The molecule has 15 heavy (non-hydrogen) atoms. The van der Waals surface area contributed by atoms with E-state index < -0.39 is 0 Å². The van der Waals surface area contributed by atoms with Crippen LogP contribution in [0.3, 0.4) is 0 Å². The fourth-order valence-electron chi connectivity index (χ4n) is 1.62. The fourth-order valence-corrected chi connectivity index (χ4v) is 2.63. The van der Waals surface area contributed by atoms with Gasteiger partial charge in [0.25, 0.3) is 6.20 Å². The molecule has 4 nitrogen and oxygen atoms in total. The second kappa shape index (κ2) is 6.71. The maximum atomic E-state index is 10.4. The summed E-state index contributed by atoms with van der Waals surface area (Å²) in [5.74, 6) is 1.00. The van der Waals surface area contributed by atoms with E-state index in [1.54, 1.807) is 11.8 Å². The Morgan fingerprint density at radius 2 is 2.40 bits per heavy atom. The van der Waals surface area contributed by atoms with Crippen molar-refractivity contribution in [3.63, 3.8) is 0 Å². The van der Waals surface area contributed by atoms with E-state index in [-0.39, 0.29) is 4.92 Å². The molecule has 0 spiro atoms. The minimum Gasteiger partial charge on any atom is -0.361 e. The summed E-state index contributed by atoms with van der Waals surface area (Å²) in [5.41, 5.74) is 0. The van der Waals surface area contributed by atoms with E-state index in [1.807, 2.05) is 0 Å². The monoisotopic (exact) mass is 230 g/mol. The summed E-state index contributed by atoms with van der Waals surface area (Å²) >= 11 is 1.60. The molecule has 0 aliphatic carbocycles. The molecule has 0 atom stereocenters. The number of hydrogen-bond donors (Lipinski definition) is 0. The number of hydrogen-bond acceptors (Lipinski definition) is 4. The van der Waals surface area contributed by atoms with Crippen LogP contribution in [0.25, 0.3) is 0 Å². The third kappa shape index (κ3) is 4.55. The first-order valence-electron chi connectivity index (χ1n) is 5.47. The van der Waals surface area contributed by atoms with Crippen LogP contribution in [0.5, 0.6) is 0 Å². The summed E-state index contributed by atoms with van der Waals surface area (Å²) in [6, 6.07) is 0. The molecule has 0 aromatic heterocycles. The van der Waals surface area contributed by atoms with Crippen LogP contribution in [0.15, 0.2) is 11.2 Å². The van der Waals surface area contributed by atoms with Crippen molar-refractivity contribution >= 4 is 11.8 Å². The van der Waals surface area contributed by atoms with Crippen molar-refractivity contribution in [1.29, 1.82) is 0 Å². The average molecular weight is 230 g/mol. The van der Waals surface area contributed by atoms with Gasteiger partial charge in [0.05, 0.1) is 4.92 Å². The van der Waals surface area contributed by atoms with E-state index in [2.05, 4.69) is 11.8 Å². The predicted molar refractivity (Wildman–Crippen MR) is 63.3 cm³/mol. The lowest BCUT2D eigenvalue weighted by Gasteiger charge is -2.29. The lowest BCUT2D eigenvalue weighted by Crippen LogP contribution is -2.28. The van der Waals surface area contributed by atoms with Gasteiger partial charge < -0.3 is 4.90 Å². The van der Waals surface area contributed by atoms with Gasteiger partial charge in [0, 0.05) is 18.8 Å². The predicted octanol–water partition coefficient (Wildman–Crippen LogP) is 2.69. The zero-order valence-corrected chi connectivity index (χ0v) is 9.96. The van der Waals surface area contributed by atoms with Crippen LogP contribution in [-0.2, 0) is 0 Å². The summed E-state index contributed by atoms with van der Waals surface area (Å²) < 4.78 is 0. The van der Waals surface area contributed by atoms with Crippen LogP contribution in [0.4, 0.5) is 0 Å². The maximum Gasteiger partial charge on any atom is 0.264 e. The highest BCUT2D eigenvalue weighted by atomic mass is 32.2. The van der Waals surface area contributed by atoms with E-state index in [9.17, 15) is 10.1 Å². The van der Waals surface area contributed by atoms with E-state index in [0.717, 1.165) is 42.9 Å². The molecule has 1 heterocycles. The number of nitro groups is 1. The fraction of sp³-hybridized carbons (Fsp3) is 0.800. The summed E-state index contributed by atoms with van der Waals surface area (Å²) in [5, 5.41) is 11.3. The Labute approximate surface area is 94.9 Å². The van der Waals surface area contributed by atoms with Crippen molar-refractivity contribution in [2.45, 2.75) is 32.6 Å².